The van der Waals surface area contributed by atoms with Crippen molar-refractivity contribution in [2.24, 2.45) is 11.3 Å². The first-order valence-corrected chi connectivity index (χ1v) is 6.78. The van der Waals surface area contributed by atoms with Crippen LogP contribution in [0.25, 0.3) is 0 Å². The van der Waals surface area contributed by atoms with Crippen LogP contribution in [0.15, 0.2) is 12.5 Å². The van der Waals surface area contributed by atoms with Crippen molar-refractivity contribution in [3.05, 3.63) is 18.2 Å². The summed E-state index contributed by atoms with van der Waals surface area (Å²) in [6.45, 7) is 8.02. The van der Waals surface area contributed by atoms with E-state index in [0.29, 0.717) is 11.5 Å². The Balaban J connectivity index is 1.92. The third-order valence-corrected chi connectivity index (χ3v) is 3.99. The van der Waals surface area contributed by atoms with Gasteiger partial charge in [-0.15, -0.1) is 0 Å². The van der Waals surface area contributed by atoms with Crippen LogP contribution in [0, 0.1) is 11.3 Å². The van der Waals surface area contributed by atoms with E-state index in [9.17, 15) is 0 Å². The van der Waals surface area contributed by atoms with E-state index < -0.39 is 0 Å². The van der Waals surface area contributed by atoms with Gasteiger partial charge in [0.25, 0.3) is 0 Å². The Morgan fingerprint density at radius 3 is 2.76 bits per heavy atom. The minimum absolute atomic E-state index is 0.409. The van der Waals surface area contributed by atoms with Crippen LogP contribution in [-0.2, 0) is 6.54 Å². The number of imidazole rings is 1. The smallest absolute Gasteiger partial charge is 0.0922 e. The molecule has 0 aliphatic heterocycles. The second-order valence-electron chi connectivity index (χ2n) is 6.32. The monoisotopic (exact) mass is 235 g/mol. The van der Waals surface area contributed by atoms with Gasteiger partial charge in [0.05, 0.1) is 6.33 Å². The van der Waals surface area contributed by atoms with Crippen molar-refractivity contribution in [2.75, 3.05) is 0 Å². The third-order valence-electron chi connectivity index (χ3n) is 3.99. The summed E-state index contributed by atoms with van der Waals surface area (Å²) in [5.74, 6) is 0.791. The molecule has 2 rings (SSSR count). The molecule has 1 aromatic heterocycles. The van der Waals surface area contributed by atoms with E-state index in [0.717, 1.165) is 12.5 Å². The Kier molecular flexibility index (Phi) is 3.87. The molecule has 3 nitrogen and oxygen atoms in total. The molecule has 0 saturated heterocycles. The summed E-state index contributed by atoms with van der Waals surface area (Å²) in [4.78, 5) is 7.21. The van der Waals surface area contributed by atoms with Crippen molar-refractivity contribution in [1.82, 2.24) is 15.3 Å². The second-order valence-corrected chi connectivity index (χ2v) is 6.32. The molecule has 0 amide bonds. The Labute approximate surface area is 104 Å². The average molecular weight is 235 g/mol. The van der Waals surface area contributed by atoms with Crippen molar-refractivity contribution in [3.63, 3.8) is 0 Å². The lowest BCUT2D eigenvalue weighted by Gasteiger charge is -2.41. The molecule has 1 heterocycles. The summed E-state index contributed by atoms with van der Waals surface area (Å²) in [5, 5.41) is 3.71. The molecule has 1 aromatic rings. The molecule has 0 bridgehead atoms. The molecule has 1 saturated carbocycles. The predicted octanol–water partition coefficient (Wildman–Crippen LogP) is 3.10. The van der Waals surface area contributed by atoms with Gasteiger partial charge in [0.2, 0.25) is 0 Å². The number of nitrogens with one attached hydrogen (secondary N) is 2. The Morgan fingerprint density at radius 2 is 2.12 bits per heavy atom. The number of hydrogen-bond donors (Lipinski definition) is 2. The summed E-state index contributed by atoms with van der Waals surface area (Å²) < 4.78 is 0. The van der Waals surface area contributed by atoms with Gasteiger partial charge >= 0.3 is 0 Å². The van der Waals surface area contributed by atoms with Gasteiger partial charge in [0, 0.05) is 24.5 Å². The zero-order valence-corrected chi connectivity index (χ0v) is 11.3. The van der Waals surface area contributed by atoms with Crippen molar-refractivity contribution >= 4 is 0 Å². The Morgan fingerprint density at radius 1 is 1.35 bits per heavy atom. The first-order valence-electron chi connectivity index (χ1n) is 6.78. The maximum atomic E-state index is 4.06. The standard InChI is InChI=1S/C14H25N3/c1-14(2,3)12-6-4-5-7-13(12)16-9-11-8-15-10-17-11/h8,10,12-13,16H,4-7,9H2,1-3H3,(H,15,17). The maximum Gasteiger partial charge on any atom is 0.0922 e. The van der Waals surface area contributed by atoms with Crippen LogP contribution < -0.4 is 5.32 Å². The highest BCUT2D eigenvalue weighted by Gasteiger charge is 2.33. The normalized spacial score (nSPS) is 26.1. The van der Waals surface area contributed by atoms with E-state index in [1.165, 1.54) is 31.4 Å². The minimum atomic E-state index is 0.409. The maximum absolute atomic E-state index is 4.06. The fourth-order valence-corrected chi connectivity index (χ4v) is 3.03. The number of nitrogens with zero attached hydrogens (tertiary/aromatic N) is 1. The van der Waals surface area contributed by atoms with Crippen LogP contribution >= 0.6 is 0 Å². The van der Waals surface area contributed by atoms with Crippen LogP contribution in [0.2, 0.25) is 0 Å². The number of aromatic nitrogens is 2. The first kappa shape index (κ1) is 12.6. The molecule has 1 fully saturated rings. The quantitative estimate of drug-likeness (QED) is 0.845. The summed E-state index contributed by atoms with van der Waals surface area (Å²) in [7, 11) is 0. The Hall–Kier alpha value is -0.830. The molecule has 0 radical (unpaired) electrons. The van der Waals surface area contributed by atoms with E-state index >= 15 is 0 Å². The van der Waals surface area contributed by atoms with Crippen LogP contribution in [0.3, 0.4) is 0 Å². The molecular formula is C14H25N3. The molecular weight excluding hydrogens is 210 g/mol. The SMILES string of the molecule is CC(C)(C)C1CCCCC1NCc1cnc[nH]1. The van der Waals surface area contributed by atoms with Gasteiger partial charge in [-0.05, 0) is 24.2 Å². The average Bonchev–Trinajstić information content (AvgIpc) is 2.78. The summed E-state index contributed by atoms with van der Waals surface area (Å²) in [6, 6.07) is 0.659. The van der Waals surface area contributed by atoms with Crippen molar-refractivity contribution in [2.45, 2.75) is 59.0 Å². The lowest BCUT2D eigenvalue weighted by atomic mass is 9.69. The predicted molar refractivity (Wildman–Crippen MR) is 70.6 cm³/mol. The van der Waals surface area contributed by atoms with E-state index in [1.807, 2.05) is 6.20 Å². The molecule has 2 N–H and O–H groups in total. The van der Waals surface area contributed by atoms with E-state index in [1.54, 1.807) is 6.33 Å². The van der Waals surface area contributed by atoms with Gasteiger partial charge in [0.1, 0.15) is 0 Å². The third kappa shape index (κ3) is 3.32. The topological polar surface area (TPSA) is 40.7 Å². The van der Waals surface area contributed by atoms with Crippen LogP contribution in [0.5, 0.6) is 0 Å². The number of aromatic amines is 1. The van der Waals surface area contributed by atoms with Crippen LogP contribution in [-0.4, -0.2) is 16.0 Å². The van der Waals surface area contributed by atoms with Gasteiger partial charge in [-0.1, -0.05) is 33.6 Å². The second kappa shape index (κ2) is 5.21. The highest BCUT2D eigenvalue weighted by Crippen LogP contribution is 2.37. The van der Waals surface area contributed by atoms with Crippen molar-refractivity contribution in [1.29, 1.82) is 0 Å². The van der Waals surface area contributed by atoms with Crippen LogP contribution in [0.1, 0.15) is 52.1 Å². The summed E-state index contributed by atoms with van der Waals surface area (Å²) in [6.07, 6.45) is 9.10. The largest absolute Gasteiger partial charge is 0.347 e. The van der Waals surface area contributed by atoms with Crippen molar-refractivity contribution in [3.8, 4) is 0 Å². The van der Waals surface area contributed by atoms with Crippen LogP contribution in [0.4, 0.5) is 0 Å². The van der Waals surface area contributed by atoms with Gasteiger partial charge in [-0.3, -0.25) is 0 Å². The molecule has 96 valence electrons. The molecule has 2 unspecified atom stereocenters. The minimum Gasteiger partial charge on any atom is -0.347 e. The number of hydrogen-bond acceptors (Lipinski definition) is 2. The van der Waals surface area contributed by atoms with Gasteiger partial charge in [0.15, 0.2) is 0 Å². The van der Waals surface area contributed by atoms with Gasteiger partial charge in [-0.25, -0.2) is 4.98 Å². The highest BCUT2D eigenvalue weighted by molar-refractivity contribution is 4.96. The molecule has 17 heavy (non-hydrogen) atoms. The van der Waals surface area contributed by atoms with Gasteiger partial charge < -0.3 is 10.3 Å². The summed E-state index contributed by atoms with van der Waals surface area (Å²) in [5.41, 5.74) is 1.59. The van der Waals surface area contributed by atoms with E-state index in [-0.39, 0.29) is 0 Å². The van der Waals surface area contributed by atoms with E-state index in [2.05, 4.69) is 36.1 Å². The fourth-order valence-electron chi connectivity index (χ4n) is 3.03. The molecule has 1 aliphatic rings. The molecule has 3 heteroatoms. The molecule has 2 atom stereocenters. The fraction of sp³-hybridized carbons (Fsp3) is 0.786. The lowest BCUT2D eigenvalue weighted by molar-refractivity contribution is 0.130. The zero-order valence-electron chi connectivity index (χ0n) is 11.3. The Bertz CT molecular complexity index is 324. The zero-order chi connectivity index (χ0) is 12.3. The first-order chi connectivity index (χ1) is 8.07. The molecule has 0 aromatic carbocycles. The van der Waals surface area contributed by atoms with Crippen molar-refractivity contribution < 1.29 is 0 Å². The number of H-pyrrole nitrogens is 1. The lowest BCUT2D eigenvalue weighted by Crippen LogP contribution is -2.43. The van der Waals surface area contributed by atoms with E-state index in [4.69, 9.17) is 0 Å². The highest BCUT2D eigenvalue weighted by atomic mass is 15.0. The summed E-state index contributed by atoms with van der Waals surface area (Å²) >= 11 is 0. The molecule has 1 aliphatic carbocycles. The van der Waals surface area contributed by atoms with Gasteiger partial charge in [-0.2, -0.15) is 0 Å². The number of rotatable bonds is 3. The molecule has 0 spiro atoms.